The first-order valence-electron chi connectivity index (χ1n) is 10.1. The van der Waals surface area contributed by atoms with Gasteiger partial charge in [-0.3, -0.25) is 9.69 Å². The van der Waals surface area contributed by atoms with Crippen molar-refractivity contribution in [2.24, 2.45) is 0 Å². The predicted octanol–water partition coefficient (Wildman–Crippen LogP) is 3.28. The second kappa shape index (κ2) is 7.77. The van der Waals surface area contributed by atoms with Crippen LogP contribution in [0.15, 0.2) is 35.8 Å². The summed E-state index contributed by atoms with van der Waals surface area (Å²) in [4.78, 5) is 22.0. The molecule has 0 amide bonds. The number of hydrogen-bond acceptors (Lipinski definition) is 7. The second-order valence-electron chi connectivity index (χ2n) is 7.66. The summed E-state index contributed by atoms with van der Waals surface area (Å²) < 4.78 is 13.0. The molecular weight excluding hydrogens is 400 g/mol. The van der Waals surface area contributed by atoms with Gasteiger partial charge in [-0.2, -0.15) is 0 Å². The number of thiazole rings is 1. The fourth-order valence-electron chi connectivity index (χ4n) is 4.22. The number of aryl methyl sites for hydroxylation is 1. The van der Waals surface area contributed by atoms with Gasteiger partial charge in [0.25, 0.3) is 0 Å². The fourth-order valence-corrected chi connectivity index (χ4v) is 4.92. The number of benzene rings is 1. The molecule has 0 aliphatic carbocycles. The first kappa shape index (κ1) is 19.1. The van der Waals surface area contributed by atoms with Crippen LogP contribution in [0.1, 0.15) is 21.7 Å². The summed E-state index contributed by atoms with van der Waals surface area (Å²) in [5.41, 5.74) is 3.75. The highest BCUT2D eigenvalue weighted by atomic mass is 32.1. The first-order valence-corrected chi connectivity index (χ1v) is 11.0. The molecule has 2 aromatic heterocycles. The Morgan fingerprint density at radius 3 is 2.67 bits per heavy atom. The summed E-state index contributed by atoms with van der Waals surface area (Å²) >= 11 is 1.66. The Kier molecular flexibility index (Phi) is 4.96. The van der Waals surface area contributed by atoms with Crippen LogP contribution in [0.2, 0.25) is 0 Å². The standard InChI is InChI=1S/C22H24N4O3S/c1-15-11-18(16(2)26(15)17-3-4-20-21(12-17)29-14-28-20)19(27)13-24-6-8-25(9-7-24)22-23-5-10-30-22/h3-5,10-12H,6-9,13-14H2,1-2H3. The van der Waals surface area contributed by atoms with Gasteiger partial charge in [0.2, 0.25) is 6.79 Å². The number of carbonyl (C=O) groups is 1. The Hall–Kier alpha value is -2.84. The van der Waals surface area contributed by atoms with E-state index in [1.54, 1.807) is 11.3 Å². The summed E-state index contributed by atoms with van der Waals surface area (Å²) in [7, 11) is 0. The Bertz CT molecular complexity index is 1070. The quantitative estimate of drug-likeness (QED) is 0.586. The van der Waals surface area contributed by atoms with Crippen LogP contribution in [-0.4, -0.2) is 59.8 Å². The molecule has 0 unspecified atom stereocenters. The lowest BCUT2D eigenvalue weighted by molar-refractivity contribution is 0.0926. The van der Waals surface area contributed by atoms with Crippen molar-refractivity contribution in [1.29, 1.82) is 0 Å². The van der Waals surface area contributed by atoms with Crippen LogP contribution in [0.25, 0.3) is 5.69 Å². The number of nitrogens with zero attached hydrogens (tertiary/aromatic N) is 4. The van der Waals surface area contributed by atoms with Crippen molar-refractivity contribution in [3.8, 4) is 17.2 Å². The molecule has 0 spiro atoms. The van der Waals surface area contributed by atoms with Crippen LogP contribution in [0.3, 0.4) is 0 Å². The number of aromatic nitrogens is 2. The molecule has 0 bridgehead atoms. The first-order chi connectivity index (χ1) is 14.6. The van der Waals surface area contributed by atoms with Crippen molar-refractivity contribution in [1.82, 2.24) is 14.5 Å². The molecular formula is C22H24N4O3S. The Balaban J connectivity index is 1.29. The molecule has 1 aromatic carbocycles. The third kappa shape index (κ3) is 3.46. The third-order valence-corrected chi connectivity index (χ3v) is 6.61. The number of ketones is 1. The van der Waals surface area contributed by atoms with E-state index in [2.05, 4.69) is 19.4 Å². The van der Waals surface area contributed by atoms with Gasteiger partial charge in [0, 0.05) is 66.5 Å². The van der Waals surface area contributed by atoms with Crippen molar-refractivity contribution in [2.75, 3.05) is 44.4 Å². The number of rotatable bonds is 5. The van der Waals surface area contributed by atoms with Crippen LogP contribution < -0.4 is 14.4 Å². The summed E-state index contributed by atoms with van der Waals surface area (Å²) in [5, 5.41) is 3.06. The molecule has 8 heteroatoms. The molecule has 0 N–H and O–H groups in total. The minimum Gasteiger partial charge on any atom is -0.454 e. The van der Waals surface area contributed by atoms with Crippen molar-refractivity contribution in [3.63, 3.8) is 0 Å². The molecule has 3 aromatic rings. The smallest absolute Gasteiger partial charge is 0.231 e. The van der Waals surface area contributed by atoms with Gasteiger partial charge in [-0.25, -0.2) is 4.98 Å². The highest BCUT2D eigenvalue weighted by molar-refractivity contribution is 7.13. The van der Waals surface area contributed by atoms with Crippen LogP contribution in [0.4, 0.5) is 5.13 Å². The normalized spacial score (nSPS) is 16.3. The number of hydrogen-bond donors (Lipinski definition) is 0. The van der Waals surface area contributed by atoms with Crippen molar-refractivity contribution < 1.29 is 14.3 Å². The van der Waals surface area contributed by atoms with Gasteiger partial charge in [-0.15, -0.1) is 11.3 Å². The lowest BCUT2D eigenvalue weighted by atomic mass is 10.1. The third-order valence-electron chi connectivity index (χ3n) is 5.78. The maximum Gasteiger partial charge on any atom is 0.231 e. The van der Waals surface area contributed by atoms with E-state index in [9.17, 15) is 4.79 Å². The maximum atomic E-state index is 13.1. The highest BCUT2D eigenvalue weighted by Crippen LogP contribution is 2.35. The van der Waals surface area contributed by atoms with Gasteiger partial charge in [0.05, 0.1) is 6.54 Å². The van der Waals surface area contributed by atoms with Gasteiger partial charge in [-0.05, 0) is 32.0 Å². The minimum absolute atomic E-state index is 0.165. The van der Waals surface area contributed by atoms with E-state index in [-0.39, 0.29) is 12.6 Å². The van der Waals surface area contributed by atoms with E-state index in [1.807, 2.05) is 49.7 Å². The molecule has 2 aliphatic heterocycles. The monoisotopic (exact) mass is 424 g/mol. The van der Waals surface area contributed by atoms with E-state index < -0.39 is 0 Å². The number of carbonyl (C=O) groups excluding carboxylic acids is 1. The van der Waals surface area contributed by atoms with Crippen molar-refractivity contribution in [3.05, 3.63) is 52.8 Å². The number of Topliss-reactive ketones (excluding diaryl/α,β-unsaturated/α-hetero) is 1. The van der Waals surface area contributed by atoms with E-state index in [4.69, 9.17) is 9.47 Å². The molecule has 1 fully saturated rings. The topological polar surface area (TPSA) is 59.8 Å². The van der Waals surface area contributed by atoms with Gasteiger partial charge in [0.1, 0.15) is 0 Å². The Labute approximate surface area is 179 Å². The molecule has 4 heterocycles. The maximum absolute atomic E-state index is 13.1. The number of anilines is 1. The summed E-state index contributed by atoms with van der Waals surface area (Å²) in [6, 6.07) is 7.88. The van der Waals surface area contributed by atoms with Crippen LogP contribution in [0.5, 0.6) is 11.5 Å². The summed E-state index contributed by atoms with van der Waals surface area (Å²) in [6.45, 7) is 8.26. The molecule has 30 heavy (non-hydrogen) atoms. The van der Waals surface area contributed by atoms with Crippen LogP contribution >= 0.6 is 11.3 Å². The summed E-state index contributed by atoms with van der Waals surface area (Å²) in [6.07, 6.45) is 1.84. The lowest BCUT2D eigenvalue weighted by Gasteiger charge is -2.34. The van der Waals surface area contributed by atoms with Crippen LogP contribution in [0, 0.1) is 13.8 Å². The zero-order valence-electron chi connectivity index (χ0n) is 17.1. The van der Waals surface area contributed by atoms with E-state index in [1.165, 1.54) is 0 Å². The largest absolute Gasteiger partial charge is 0.454 e. The molecule has 0 radical (unpaired) electrons. The Morgan fingerprint density at radius 1 is 1.10 bits per heavy atom. The molecule has 1 saturated heterocycles. The molecule has 5 rings (SSSR count). The zero-order chi connectivity index (χ0) is 20.7. The SMILES string of the molecule is Cc1cc(C(=O)CN2CCN(c3nccs3)CC2)c(C)n1-c1ccc2c(c1)OCO2. The predicted molar refractivity (Wildman–Crippen MR) is 116 cm³/mol. The number of ether oxygens (including phenoxy) is 2. The molecule has 0 atom stereocenters. The second-order valence-corrected chi connectivity index (χ2v) is 8.53. The summed E-state index contributed by atoms with van der Waals surface area (Å²) in [5.74, 6) is 1.66. The van der Waals surface area contributed by atoms with Gasteiger partial charge in [0.15, 0.2) is 22.4 Å². The fraction of sp³-hybridized carbons (Fsp3) is 0.364. The van der Waals surface area contributed by atoms with Crippen LogP contribution in [-0.2, 0) is 0 Å². The van der Waals surface area contributed by atoms with Gasteiger partial charge >= 0.3 is 0 Å². The van der Waals surface area contributed by atoms with Crippen molar-refractivity contribution in [2.45, 2.75) is 13.8 Å². The molecule has 0 saturated carbocycles. The number of piperazine rings is 1. The highest BCUT2D eigenvalue weighted by Gasteiger charge is 2.24. The average Bonchev–Trinajstić information content (AvgIpc) is 3.48. The zero-order valence-corrected chi connectivity index (χ0v) is 17.9. The van der Waals surface area contributed by atoms with E-state index >= 15 is 0 Å². The minimum atomic E-state index is 0.165. The van der Waals surface area contributed by atoms with Gasteiger partial charge < -0.3 is 18.9 Å². The molecule has 2 aliphatic rings. The lowest BCUT2D eigenvalue weighted by Crippen LogP contribution is -2.48. The molecule has 156 valence electrons. The van der Waals surface area contributed by atoms with Crippen molar-refractivity contribution >= 4 is 22.3 Å². The van der Waals surface area contributed by atoms with Gasteiger partial charge in [-0.1, -0.05) is 0 Å². The average molecular weight is 425 g/mol. The number of fused-ring (bicyclic) bond motifs is 1. The van der Waals surface area contributed by atoms with E-state index in [0.717, 1.165) is 65.4 Å². The van der Waals surface area contributed by atoms with E-state index in [0.29, 0.717) is 6.54 Å². The Morgan fingerprint density at radius 2 is 1.90 bits per heavy atom. The molecule has 7 nitrogen and oxygen atoms in total.